The molecule has 0 fully saturated rings. The van der Waals surface area contributed by atoms with E-state index in [0.717, 1.165) is 17.8 Å². The zero-order chi connectivity index (χ0) is 12.5. The zero-order valence-electron chi connectivity index (χ0n) is 8.88. The predicted molar refractivity (Wildman–Crippen MR) is 61.3 cm³/mol. The van der Waals surface area contributed by atoms with Gasteiger partial charge in [-0.05, 0) is 35.9 Å². The first-order valence-electron chi connectivity index (χ1n) is 5.00. The van der Waals surface area contributed by atoms with Crippen molar-refractivity contribution in [3.63, 3.8) is 0 Å². The molecule has 0 spiro atoms. The molecule has 0 unspecified atom stereocenters. The number of rotatable bonds is 2. The fourth-order valence-electron chi connectivity index (χ4n) is 1.56. The van der Waals surface area contributed by atoms with Crippen molar-refractivity contribution in [2.24, 2.45) is 0 Å². The standard InChI is InChI=1S/C13H10F3N/c1-2-11-6-7-12(17-11)9-4-3-5-10(8-9)13(14,15)16/h2-8,17H,1H2. The Kier molecular flexibility index (Phi) is 2.79. The van der Waals surface area contributed by atoms with Gasteiger partial charge in [0, 0.05) is 11.4 Å². The molecule has 0 radical (unpaired) electrons. The lowest BCUT2D eigenvalue weighted by molar-refractivity contribution is -0.137. The van der Waals surface area contributed by atoms with E-state index in [1.165, 1.54) is 6.07 Å². The maximum atomic E-state index is 12.5. The van der Waals surface area contributed by atoms with Crippen molar-refractivity contribution in [2.75, 3.05) is 0 Å². The molecule has 2 aromatic rings. The van der Waals surface area contributed by atoms with Crippen molar-refractivity contribution in [2.45, 2.75) is 6.18 Å². The fraction of sp³-hybridized carbons (Fsp3) is 0.0769. The van der Waals surface area contributed by atoms with Crippen LogP contribution in [0.4, 0.5) is 13.2 Å². The van der Waals surface area contributed by atoms with Crippen LogP contribution in [0.1, 0.15) is 11.3 Å². The second-order valence-corrected chi connectivity index (χ2v) is 3.61. The lowest BCUT2D eigenvalue weighted by Gasteiger charge is -2.07. The number of benzene rings is 1. The molecule has 0 amide bonds. The molecule has 0 aliphatic carbocycles. The lowest BCUT2D eigenvalue weighted by Crippen LogP contribution is -2.04. The van der Waals surface area contributed by atoms with Gasteiger partial charge in [-0.1, -0.05) is 18.7 Å². The van der Waals surface area contributed by atoms with E-state index < -0.39 is 11.7 Å². The molecule has 0 aliphatic heterocycles. The second-order valence-electron chi connectivity index (χ2n) is 3.61. The number of nitrogens with one attached hydrogen (secondary N) is 1. The summed E-state index contributed by atoms with van der Waals surface area (Å²) in [5.74, 6) is 0. The fourth-order valence-corrected chi connectivity index (χ4v) is 1.56. The predicted octanol–water partition coefficient (Wildman–Crippen LogP) is 4.34. The number of alkyl halides is 3. The van der Waals surface area contributed by atoms with Gasteiger partial charge in [0.1, 0.15) is 0 Å². The van der Waals surface area contributed by atoms with Crippen LogP contribution >= 0.6 is 0 Å². The third kappa shape index (κ3) is 2.41. The molecule has 4 heteroatoms. The Balaban J connectivity index is 2.42. The topological polar surface area (TPSA) is 15.8 Å². The summed E-state index contributed by atoms with van der Waals surface area (Å²) in [6, 6.07) is 8.70. The van der Waals surface area contributed by atoms with Crippen molar-refractivity contribution < 1.29 is 13.2 Å². The minimum absolute atomic E-state index is 0.507. The van der Waals surface area contributed by atoms with Gasteiger partial charge in [0.2, 0.25) is 0 Å². The van der Waals surface area contributed by atoms with Crippen LogP contribution in [0.25, 0.3) is 17.3 Å². The number of hydrogen-bond acceptors (Lipinski definition) is 0. The number of halogens is 3. The third-order valence-corrected chi connectivity index (χ3v) is 2.43. The van der Waals surface area contributed by atoms with Crippen molar-refractivity contribution in [1.29, 1.82) is 0 Å². The smallest absolute Gasteiger partial charge is 0.355 e. The van der Waals surface area contributed by atoms with E-state index in [-0.39, 0.29) is 0 Å². The van der Waals surface area contributed by atoms with E-state index in [2.05, 4.69) is 11.6 Å². The van der Waals surface area contributed by atoms with Crippen LogP contribution in [0.3, 0.4) is 0 Å². The summed E-state index contributed by atoms with van der Waals surface area (Å²) in [5, 5.41) is 0. The third-order valence-electron chi connectivity index (χ3n) is 2.43. The van der Waals surface area contributed by atoms with Gasteiger partial charge in [-0.3, -0.25) is 0 Å². The van der Waals surface area contributed by atoms with E-state index in [1.807, 2.05) is 0 Å². The number of hydrogen-bond donors (Lipinski definition) is 1. The van der Waals surface area contributed by atoms with E-state index in [9.17, 15) is 13.2 Å². The van der Waals surface area contributed by atoms with Gasteiger partial charge in [-0.25, -0.2) is 0 Å². The molecule has 1 heterocycles. The molecular weight excluding hydrogens is 227 g/mol. The van der Waals surface area contributed by atoms with Gasteiger partial charge in [0.15, 0.2) is 0 Å². The molecule has 1 N–H and O–H groups in total. The first-order valence-corrected chi connectivity index (χ1v) is 5.00. The summed E-state index contributed by atoms with van der Waals surface area (Å²) in [7, 11) is 0. The minimum Gasteiger partial charge on any atom is -0.355 e. The maximum absolute atomic E-state index is 12.5. The largest absolute Gasteiger partial charge is 0.416 e. The molecule has 0 saturated heterocycles. The van der Waals surface area contributed by atoms with Crippen LogP contribution in [-0.4, -0.2) is 4.98 Å². The van der Waals surface area contributed by atoms with Crippen molar-refractivity contribution in [1.82, 2.24) is 4.98 Å². The van der Waals surface area contributed by atoms with Crippen LogP contribution in [0, 0.1) is 0 Å². The molecular formula is C13H10F3N. The highest BCUT2D eigenvalue weighted by atomic mass is 19.4. The van der Waals surface area contributed by atoms with Crippen LogP contribution in [0.2, 0.25) is 0 Å². The minimum atomic E-state index is -4.32. The molecule has 0 saturated carbocycles. The number of H-pyrrole nitrogens is 1. The SMILES string of the molecule is C=Cc1ccc(-c2cccc(C(F)(F)F)c2)[nH]1. The van der Waals surface area contributed by atoms with Crippen molar-refractivity contribution >= 4 is 6.08 Å². The van der Waals surface area contributed by atoms with Gasteiger partial charge in [-0.2, -0.15) is 13.2 Å². The zero-order valence-corrected chi connectivity index (χ0v) is 8.88. The first-order chi connectivity index (χ1) is 8.00. The molecule has 2 rings (SSSR count). The van der Waals surface area contributed by atoms with Crippen molar-refractivity contribution in [3.8, 4) is 11.3 Å². The van der Waals surface area contributed by atoms with Gasteiger partial charge in [0.05, 0.1) is 5.56 Å². The monoisotopic (exact) mass is 237 g/mol. The summed E-state index contributed by atoms with van der Waals surface area (Å²) in [4.78, 5) is 2.97. The van der Waals surface area contributed by atoms with Crippen LogP contribution in [0.5, 0.6) is 0 Å². The number of aromatic amines is 1. The van der Waals surface area contributed by atoms with E-state index in [4.69, 9.17) is 0 Å². The molecule has 88 valence electrons. The van der Waals surface area contributed by atoms with Gasteiger partial charge >= 0.3 is 6.18 Å². The number of aromatic nitrogens is 1. The summed E-state index contributed by atoms with van der Waals surface area (Å²) in [6.07, 6.45) is -2.71. The van der Waals surface area contributed by atoms with Gasteiger partial charge < -0.3 is 4.98 Å². The Labute approximate surface area is 96.6 Å². The van der Waals surface area contributed by atoms with Crippen molar-refractivity contribution in [3.05, 3.63) is 54.2 Å². The normalized spacial score (nSPS) is 11.5. The average Bonchev–Trinajstić information content (AvgIpc) is 2.76. The molecule has 0 aliphatic rings. The molecule has 0 bridgehead atoms. The Bertz CT molecular complexity index is 538. The summed E-state index contributed by atoms with van der Waals surface area (Å²) in [5.41, 5.74) is 1.28. The summed E-state index contributed by atoms with van der Waals surface area (Å²) < 4.78 is 37.6. The highest BCUT2D eigenvalue weighted by Gasteiger charge is 2.30. The lowest BCUT2D eigenvalue weighted by atomic mass is 10.1. The first kappa shape index (κ1) is 11.5. The summed E-state index contributed by atoms with van der Waals surface area (Å²) >= 11 is 0. The molecule has 17 heavy (non-hydrogen) atoms. The Morgan fingerprint density at radius 1 is 1.12 bits per heavy atom. The van der Waals surface area contributed by atoms with Crippen LogP contribution < -0.4 is 0 Å². The van der Waals surface area contributed by atoms with E-state index in [1.54, 1.807) is 24.3 Å². The van der Waals surface area contributed by atoms with Crippen LogP contribution in [-0.2, 0) is 6.18 Å². The quantitative estimate of drug-likeness (QED) is 0.799. The van der Waals surface area contributed by atoms with Gasteiger partial charge in [-0.15, -0.1) is 0 Å². The highest BCUT2D eigenvalue weighted by molar-refractivity contribution is 5.63. The second kappa shape index (κ2) is 4.13. The van der Waals surface area contributed by atoms with Gasteiger partial charge in [0.25, 0.3) is 0 Å². The molecule has 0 atom stereocenters. The Hall–Kier alpha value is -1.97. The van der Waals surface area contributed by atoms with E-state index in [0.29, 0.717) is 11.3 Å². The molecule has 1 aromatic carbocycles. The Morgan fingerprint density at radius 3 is 2.47 bits per heavy atom. The highest BCUT2D eigenvalue weighted by Crippen LogP contribution is 2.31. The Morgan fingerprint density at radius 2 is 1.88 bits per heavy atom. The van der Waals surface area contributed by atoms with E-state index >= 15 is 0 Å². The maximum Gasteiger partial charge on any atom is 0.416 e. The molecule has 1 nitrogen and oxygen atoms in total. The molecule has 1 aromatic heterocycles. The van der Waals surface area contributed by atoms with Crippen LogP contribution in [0.15, 0.2) is 43.0 Å². The summed E-state index contributed by atoms with van der Waals surface area (Å²) in [6.45, 7) is 3.58. The average molecular weight is 237 g/mol.